The Morgan fingerprint density at radius 1 is 0.975 bits per heavy atom. The summed E-state index contributed by atoms with van der Waals surface area (Å²) in [6.07, 6.45) is 0.682. The normalized spacial score (nSPS) is 13.6. The first kappa shape index (κ1) is 27.2. The first-order valence-electron chi connectivity index (χ1n) is 13.1. The number of aromatic nitrogens is 1. The van der Waals surface area contributed by atoms with Gasteiger partial charge in [0.15, 0.2) is 11.4 Å². The van der Waals surface area contributed by atoms with Gasteiger partial charge in [-0.1, -0.05) is 36.2 Å². The fraction of sp³-hybridized carbons (Fsp3) is 0.300. The molecule has 0 bridgehead atoms. The predicted octanol–water partition coefficient (Wildman–Crippen LogP) is 4.98. The zero-order valence-corrected chi connectivity index (χ0v) is 23.8. The number of fused-ring (bicyclic) bond motifs is 1. The maximum Gasteiger partial charge on any atom is 0.266 e. The molecule has 3 aromatic carbocycles. The van der Waals surface area contributed by atoms with E-state index in [0.717, 1.165) is 48.6 Å². The molecule has 4 aromatic rings. The Morgan fingerprint density at radius 3 is 2.45 bits per heavy atom. The van der Waals surface area contributed by atoms with Crippen molar-refractivity contribution in [2.24, 2.45) is 0 Å². The molecule has 0 amide bonds. The number of hydrogen-bond donors (Lipinski definition) is 1. The molecule has 5 rings (SSSR count). The minimum Gasteiger partial charge on any atom is -0.496 e. The number of hydrogen-bond acceptors (Lipinski definition) is 8. The highest BCUT2D eigenvalue weighted by atomic mass is 32.2. The van der Waals surface area contributed by atoms with Gasteiger partial charge < -0.3 is 23.8 Å². The van der Waals surface area contributed by atoms with Crippen LogP contribution in [-0.2, 0) is 16.4 Å². The Labute approximate surface area is 234 Å². The lowest BCUT2D eigenvalue weighted by molar-refractivity contribution is 0.368. The van der Waals surface area contributed by atoms with Crippen molar-refractivity contribution in [3.63, 3.8) is 0 Å². The van der Waals surface area contributed by atoms with E-state index in [2.05, 4.69) is 43.8 Å². The van der Waals surface area contributed by atoms with Crippen LogP contribution in [0.4, 0.5) is 11.5 Å². The van der Waals surface area contributed by atoms with E-state index >= 15 is 0 Å². The van der Waals surface area contributed by atoms with Gasteiger partial charge in [0.05, 0.1) is 14.2 Å². The Morgan fingerprint density at radius 2 is 1.75 bits per heavy atom. The predicted molar refractivity (Wildman–Crippen MR) is 156 cm³/mol. The number of piperazine rings is 1. The van der Waals surface area contributed by atoms with Crippen LogP contribution in [0.1, 0.15) is 19.4 Å². The summed E-state index contributed by atoms with van der Waals surface area (Å²) in [4.78, 5) is 4.52. The van der Waals surface area contributed by atoms with Crippen LogP contribution in [0.5, 0.6) is 11.5 Å². The average Bonchev–Trinajstić information content (AvgIpc) is 3.38. The van der Waals surface area contributed by atoms with Gasteiger partial charge in [-0.15, -0.1) is 0 Å². The number of methoxy groups -OCH3 is 2. The molecular weight excluding hydrogens is 528 g/mol. The van der Waals surface area contributed by atoms with Crippen molar-refractivity contribution in [2.75, 3.05) is 50.0 Å². The zero-order chi connectivity index (χ0) is 28.3. The smallest absolute Gasteiger partial charge is 0.266 e. The van der Waals surface area contributed by atoms with Crippen molar-refractivity contribution < 1.29 is 22.4 Å². The fourth-order valence-corrected chi connectivity index (χ4v) is 6.11. The average molecular weight is 561 g/mol. The third-order valence-corrected chi connectivity index (χ3v) is 8.37. The molecule has 1 aromatic heterocycles. The van der Waals surface area contributed by atoms with Crippen LogP contribution >= 0.6 is 0 Å². The van der Waals surface area contributed by atoms with E-state index in [9.17, 15) is 8.42 Å². The molecule has 0 unspecified atom stereocenters. The third-order valence-electron chi connectivity index (χ3n) is 7.01. The Bertz CT molecular complexity index is 1700. The lowest BCUT2D eigenvalue weighted by Gasteiger charge is -2.34. The standard InChI is InChI=1S/C30H32N4O5S/c1-5-12-33-13-15-34(16-14-33)24-9-7-8-22(18-24)23-19-26(38-4)29-27(20-23)39-31-30(29)32-40(35,36)28-17-21(6-2)10-11-25(28)37-3/h7-11,17-20H,6,13-16H2,1-4H3,(H,31,32). The topological polar surface area (TPSA) is 97.1 Å². The number of benzene rings is 3. The SMILES string of the molecule is CC#CN1CCN(c2cccc(-c3cc(OC)c4c(NS(=O)(=O)c5cc(CC)ccc5OC)noc4c3)c2)CC1. The summed E-state index contributed by atoms with van der Waals surface area (Å²) in [5, 5.41) is 4.49. The van der Waals surface area contributed by atoms with Crippen molar-refractivity contribution in [3.8, 4) is 34.6 Å². The van der Waals surface area contributed by atoms with E-state index in [0.29, 0.717) is 23.1 Å². The number of anilines is 2. The Kier molecular flexibility index (Phi) is 7.76. The van der Waals surface area contributed by atoms with Crippen molar-refractivity contribution in [1.29, 1.82) is 0 Å². The molecule has 1 N–H and O–H groups in total. The lowest BCUT2D eigenvalue weighted by atomic mass is 10.0. The molecule has 1 aliphatic rings. The molecule has 40 heavy (non-hydrogen) atoms. The number of ether oxygens (including phenoxy) is 2. The van der Waals surface area contributed by atoms with Gasteiger partial charge in [-0.2, -0.15) is 0 Å². The Hall–Kier alpha value is -4.36. The molecular formula is C30H32N4O5S. The quantitative estimate of drug-likeness (QED) is 0.302. The number of rotatable bonds is 8. The highest BCUT2D eigenvalue weighted by molar-refractivity contribution is 7.92. The van der Waals surface area contributed by atoms with Gasteiger partial charge in [0, 0.05) is 37.9 Å². The molecule has 0 aliphatic carbocycles. The van der Waals surface area contributed by atoms with Crippen molar-refractivity contribution in [2.45, 2.75) is 25.2 Å². The fourth-order valence-electron chi connectivity index (χ4n) is 4.88. The Balaban J connectivity index is 1.46. The molecule has 0 atom stereocenters. The van der Waals surface area contributed by atoms with E-state index < -0.39 is 10.0 Å². The maximum absolute atomic E-state index is 13.4. The molecule has 0 radical (unpaired) electrons. The second-order valence-corrected chi connectivity index (χ2v) is 11.1. The molecule has 0 saturated carbocycles. The molecule has 208 valence electrons. The molecule has 9 nitrogen and oxygen atoms in total. The number of nitrogens with zero attached hydrogens (tertiary/aromatic N) is 3. The molecule has 10 heteroatoms. The van der Waals surface area contributed by atoms with E-state index in [1.807, 2.05) is 44.2 Å². The zero-order valence-electron chi connectivity index (χ0n) is 23.0. The van der Waals surface area contributed by atoms with Gasteiger partial charge in [-0.3, -0.25) is 4.72 Å². The molecule has 1 fully saturated rings. The van der Waals surface area contributed by atoms with Crippen LogP contribution in [0, 0.1) is 12.0 Å². The minimum absolute atomic E-state index is 0.0282. The van der Waals surface area contributed by atoms with E-state index in [1.54, 1.807) is 12.1 Å². The van der Waals surface area contributed by atoms with Crippen LogP contribution in [0.25, 0.3) is 22.1 Å². The van der Waals surface area contributed by atoms with Crippen molar-refractivity contribution in [3.05, 3.63) is 60.2 Å². The molecule has 1 aliphatic heterocycles. The van der Waals surface area contributed by atoms with E-state index in [-0.39, 0.29) is 16.5 Å². The summed E-state index contributed by atoms with van der Waals surface area (Å²) in [6, 6.07) is 20.2. The first-order valence-corrected chi connectivity index (χ1v) is 14.5. The van der Waals surface area contributed by atoms with Gasteiger partial charge >= 0.3 is 0 Å². The minimum atomic E-state index is -4.03. The molecule has 2 heterocycles. The maximum atomic E-state index is 13.4. The number of aryl methyl sites for hydroxylation is 1. The van der Waals surface area contributed by atoms with Crippen molar-refractivity contribution in [1.82, 2.24) is 10.1 Å². The van der Waals surface area contributed by atoms with Crippen LogP contribution in [0.15, 0.2) is 64.0 Å². The van der Waals surface area contributed by atoms with Gasteiger partial charge in [-0.05, 0) is 66.4 Å². The largest absolute Gasteiger partial charge is 0.496 e. The third kappa shape index (κ3) is 5.38. The number of sulfonamides is 1. The second kappa shape index (κ2) is 11.4. The summed E-state index contributed by atoms with van der Waals surface area (Å²) in [6.45, 7) is 7.36. The van der Waals surface area contributed by atoms with Gasteiger partial charge in [0.25, 0.3) is 10.0 Å². The summed E-state index contributed by atoms with van der Waals surface area (Å²) in [5.41, 5.74) is 4.23. The van der Waals surface area contributed by atoms with E-state index in [1.165, 1.54) is 14.2 Å². The first-order chi connectivity index (χ1) is 19.4. The summed E-state index contributed by atoms with van der Waals surface area (Å²) in [5.74, 6) is 3.70. The van der Waals surface area contributed by atoms with E-state index in [4.69, 9.17) is 14.0 Å². The second-order valence-electron chi connectivity index (χ2n) is 9.41. The monoisotopic (exact) mass is 560 g/mol. The number of nitrogens with one attached hydrogen (secondary N) is 1. The van der Waals surface area contributed by atoms with Gasteiger partial charge in [0.2, 0.25) is 0 Å². The summed E-state index contributed by atoms with van der Waals surface area (Å²) >= 11 is 0. The molecule has 1 saturated heterocycles. The highest BCUT2D eigenvalue weighted by Gasteiger charge is 2.25. The van der Waals surface area contributed by atoms with Crippen LogP contribution in [0.3, 0.4) is 0 Å². The summed E-state index contributed by atoms with van der Waals surface area (Å²) in [7, 11) is -1.06. The summed E-state index contributed by atoms with van der Waals surface area (Å²) < 4.78 is 46.0. The lowest BCUT2D eigenvalue weighted by Crippen LogP contribution is -2.44. The highest BCUT2D eigenvalue weighted by Crippen LogP contribution is 2.39. The van der Waals surface area contributed by atoms with Crippen molar-refractivity contribution >= 4 is 32.5 Å². The van der Waals surface area contributed by atoms with Crippen LogP contribution in [0.2, 0.25) is 0 Å². The van der Waals surface area contributed by atoms with Gasteiger partial charge in [-0.25, -0.2) is 8.42 Å². The van der Waals surface area contributed by atoms with Gasteiger partial charge in [0.1, 0.15) is 21.8 Å². The molecule has 0 spiro atoms. The van der Waals surface area contributed by atoms with Crippen LogP contribution < -0.4 is 19.1 Å². The van der Waals surface area contributed by atoms with Crippen LogP contribution in [-0.4, -0.2) is 58.9 Å².